The number of para-hydroxylation sites is 1. The smallest absolute Gasteiger partial charge is 0.244 e. The first-order valence-corrected chi connectivity index (χ1v) is 8.44. The quantitative estimate of drug-likeness (QED) is 0.828. The predicted molar refractivity (Wildman–Crippen MR) is 102 cm³/mol. The van der Waals surface area contributed by atoms with Crippen LogP contribution in [0, 0.1) is 0 Å². The van der Waals surface area contributed by atoms with Crippen molar-refractivity contribution in [2.75, 3.05) is 0 Å². The molecular weight excluding hydrogens is 336 g/mol. The van der Waals surface area contributed by atoms with Crippen LogP contribution in [0.15, 0.2) is 54.6 Å². The molecule has 2 aromatic carbocycles. The van der Waals surface area contributed by atoms with E-state index < -0.39 is 5.54 Å². The Labute approximate surface area is 155 Å². The fourth-order valence-corrected chi connectivity index (χ4v) is 2.71. The molecule has 0 saturated heterocycles. The highest BCUT2D eigenvalue weighted by Crippen LogP contribution is 2.27. The molecule has 1 atom stereocenters. The maximum absolute atomic E-state index is 12.6. The van der Waals surface area contributed by atoms with Crippen LogP contribution in [-0.4, -0.2) is 12.0 Å². The van der Waals surface area contributed by atoms with E-state index in [9.17, 15) is 4.79 Å². The van der Waals surface area contributed by atoms with Crippen LogP contribution >= 0.6 is 12.4 Å². The van der Waals surface area contributed by atoms with Gasteiger partial charge in [0.1, 0.15) is 11.3 Å². The van der Waals surface area contributed by atoms with Crippen LogP contribution in [0.4, 0.5) is 0 Å². The van der Waals surface area contributed by atoms with Crippen molar-refractivity contribution in [3.8, 4) is 5.75 Å². The predicted octanol–water partition coefficient (Wildman–Crippen LogP) is 3.53. The Morgan fingerprint density at radius 3 is 2.44 bits per heavy atom. The number of amides is 1. The average Bonchev–Trinajstić information content (AvgIpc) is 2.57. The van der Waals surface area contributed by atoms with E-state index in [1.165, 1.54) is 6.42 Å². The van der Waals surface area contributed by atoms with Crippen LogP contribution < -0.4 is 15.8 Å². The van der Waals surface area contributed by atoms with Gasteiger partial charge in [-0.25, -0.2) is 0 Å². The number of halogens is 1. The monoisotopic (exact) mass is 360 g/mol. The third-order valence-corrected chi connectivity index (χ3v) is 4.60. The first-order valence-electron chi connectivity index (χ1n) is 8.44. The molecule has 1 unspecified atom stereocenters. The average molecular weight is 361 g/mol. The van der Waals surface area contributed by atoms with Crippen molar-refractivity contribution in [1.82, 2.24) is 5.32 Å². The van der Waals surface area contributed by atoms with Crippen molar-refractivity contribution in [3.63, 3.8) is 0 Å². The fraction of sp³-hybridized carbons (Fsp3) is 0.350. The number of carbonyl (C=O) groups excluding carboxylic acids is 1. The van der Waals surface area contributed by atoms with Crippen molar-refractivity contribution >= 4 is 18.3 Å². The zero-order valence-electron chi connectivity index (χ0n) is 14.4. The number of nitrogens with one attached hydrogen (secondary N) is 1. The molecule has 3 rings (SSSR count). The van der Waals surface area contributed by atoms with Gasteiger partial charge in [0.05, 0.1) is 6.10 Å². The number of benzene rings is 2. The molecule has 0 spiro atoms. The van der Waals surface area contributed by atoms with Crippen molar-refractivity contribution in [2.24, 2.45) is 5.73 Å². The second kappa shape index (κ2) is 8.37. The van der Waals surface area contributed by atoms with E-state index in [0.29, 0.717) is 12.6 Å². The molecule has 0 bridgehead atoms. The maximum Gasteiger partial charge on any atom is 0.244 e. The Bertz CT molecular complexity index is 700. The summed E-state index contributed by atoms with van der Waals surface area (Å²) in [5, 5.41) is 2.94. The first-order chi connectivity index (χ1) is 11.6. The first kappa shape index (κ1) is 19.3. The summed E-state index contributed by atoms with van der Waals surface area (Å²) < 4.78 is 6.00. The molecule has 4 nitrogen and oxygen atoms in total. The molecule has 1 fully saturated rings. The summed E-state index contributed by atoms with van der Waals surface area (Å²) in [6.45, 7) is 2.13. The highest BCUT2D eigenvalue weighted by Gasteiger charge is 2.30. The molecule has 5 heteroatoms. The molecule has 1 aliphatic carbocycles. The lowest BCUT2D eigenvalue weighted by atomic mass is 9.92. The number of hydrogen-bond acceptors (Lipinski definition) is 3. The van der Waals surface area contributed by atoms with E-state index in [1.54, 1.807) is 6.92 Å². The summed E-state index contributed by atoms with van der Waals surface area (Å²) >= 11 is 0. The van der Waals surface area contributed by atoms with Crippen LogP contribution in [0.1, 0.15) is 37.3 Å². The van der Waals surface area contributed by atoms with E-state index >= 15 is 0 Å². The third-order valence-electron chi connectivity index (χ3n) is 4.60. The van der Waals surface area contributed by atoms with Crippen molar-refractivity contribution in [3.05, 3.63) is 65.7 Å². The molecule has 1 amide bonds. The maximum atomic E-state index is 12.6. The Kier molecular flexibility index (Phi) is 6.45. The molecule has 0 aliphatic heterocycles. The SMILES string of the molecule is CC(N)(C(=O)NCc1ccccc1OC1CCC1)c1ccccc1.Cl. The zero-order valence-corrected chi connectivity index (χ0v) is 15.2. The fourth-order valence-electron chi connectivity index (χ4n) is 2.71. The lowest BCUT2D eigenvalue weighted by molar-refractivity contribution is -0.126. The van der Waals surface area contributed by atoms with Crippen molar-refractivity contribution < 1.29 is 9.53 Å². The summed E-state index contributed by atoms with van der Waals surface area (Å²) in [6, 6.07) is 17.3. The number of rotatable bonds is 6. The minimum atomic E-state index is -1.06. The highest BCUT2D eigenvalue weighted by atomic mass is 35.5. The van der Waals surface area contributed by atoms with Gasteiger partial charge >= 0.3 is 0 Å². The number of hydrogen-bond donors (Lipinski definition) is 2. The van der Waals surface area contributed by atoms with Crippen LogP contribution in [-0.2, 0) is 16.9 Å². The topological polar surface area (TPSA) is 64.4 Å². The Morgan fingerprint density at radius 2 is 1.80 bits per heavy atom. The van der Waals surface area contributed by atoms with Crippen molar-refractivity contribution in [2.45, 2.75) is 44.4 Å². The standard InChI is InChI=1S/C20H24N2O2.ClH/c1-20(21,16-9-3-2-4-10-16)19(23)22-14-15-8-5-6-13-18(15)24-17-11-7-12-17;/h2-6,8-10,13,17H,7,11-12,14,21H2,1H3,(H,22,23);1H. The van der Waals surface area contributed by atoms with Crippen LogP contribution in [0.2, 0.25) is 0 Å². The normalized spacial score (nSPS) is 16.1. The lowest BCUT2D eigenvalue weighted by Gasteiger charge is -2.28. The molecular formula is C20H25ClN2O2. The molecule has 1 saturated carbocycles. The molecule has 0 radical (unpaired) electrons. The summed E-state index contributed by atoms with van der Waals surface area (Å²) in [5.41, 5.74) is 6.95. The van der Waals surface area contributed by atoms with E-state index in [2.05, 4.69) is 5.32 Å². The van der Waals surface area contributed by atoms with E-state index in [1.807, 2.05) is 54.6 Å². The Hall–Kier alpha value is -2.04. The van der Waals surface area contributed by atoms with Crippen molar-refractivity contribution in [1.29, 1.82) is 0 Å². The summed E-state index contributed by atoms with van der Waals surface area (Å²) in [4.78, 5) is 12.6. The highest BCUT2D eigenvalue weighted by molar-refractivity contribution is 5.87. The lowest BCUT2D eigenvalue weighted by Crippen LogP contribution is -2.48. The molecule has 2 aromatic rings. The minimum absolute atomic E-state index is 0. The molecule has 0 aromatic heterocycles. The third kappa shape index (κ3) is 4.53. The van der Waals surface area contributed by atoms with E-state index in [0.717, 1.165) is 29.7 Å². The zero-order chi connectivity index (χ0) is 17.0. The van der Waals surface area contributed by atoms with Gasteiger partial charge in [-0.05, 0) is 37.8 Å². The van der Waals surface area contributed by atoms with Gasteiger partial charge < -0.3 is 15.8 Å². The number of carbonyl (C=O) groups is 1. The van der Waals surface area contributed by atoms with Gasteiger partial charge in [0.15, 0.2) is 0 Å². The van der Waals surface area contributed by atoms with Gasteiger partial charge in [-0.2, -0.15) is 0 Å². The van der Waals surface area contributed by atoms with Gasteiger partial charge in [0.25, 0.3) is 0 Å². The second-order valence-corrected chi connectivity index (χ2v) is 6.53. The van der Waals surface area contributed by atoms with Gasteiger partial charge in [0.2, 0.25) is 5.91 Å². The Morgan fingerprint density at radius 1 is 1.16 bits per heavy atom. The Balaban J connectivity index is 0.00000225. The minimum Gasteiger partial charge on any atom is -0.490 e. The molecule has 3 N–H and O–H groups in total. The summed E-state index contributed by atoms with van der Waals surface area (Å²) in [5.74, 6) is 0.646. The van der Waals surface area contributed by atoms with E-state index in [4.69, 9.17) is 10.5 Å². The molecule has 0 heterocycles. The number of ether oxygens (including phenoxy) is 1. The largest absolute Gasteiger partial charge is 0.490 e. The second-order valence-electron chi connectivity index (χ2n) is 6.53. The summed E-state index contributed by atoms with van der Waals surface area (Å²) in [7, 11) is 0. The van der Waals surface area contributed by atoms with Crippen LogP contribution in [0.3, 0.4) is 0 Å². The summed E-state index contributed by atoms with van der Waals surface area (Å²) in [6.07, 6.45) is 3.75. The van der Waals surface area contributed by atoms with Crippen LogP contribution in [0.25, 0.3) is 0 Å². The van der Waals surface area contributed by atoms with Gasteiger partial charge in [0, 0.05) is 12.1 Å². The molecule has 1 aliphatic rings. The van der Waals surface area contributed by atoms with E-state index in [-0.39, 0.29) is 18.3 Å². The number of nitrogens with two attached hydrogens (primary N) is 1. The molecule has 25 heavy (non-hydrogen) atoms. The van der Waals surface area contributed by atoms with Gasteiger partial charge in [-0.3, -0.25) is 4.79 Å². The van der Waals surface area contributed by atoms with Gasteiger partial charge in [-0.15, -0.1) is 12.4 Å². The van der Waals surface area contributed by atoms with Crippen LogP contribution in [0.5, 0.6) is 5.75 Å². The molecule has 134 valence electrons. The van der Waals surface area contributed by atoms with Gasteiger partial charge in [-0.1, -0.05) is 48.5 Å².